The van der Waals surface area contributed by atoms with Crippen molar-refractivity contribution in [2.75, 3.05) is 23.4 Å². The smallest absolute Gasteiger partial charge is 0.387 e. The average molecular weight is 334 g/mol. The summed E-state index contributed by atoms with van der Waals surface area (Å²) < 4.78 is 38.4. The van der Waals surface area contributed by atoms with Crippen LogP contribution in [0.25, 0.3) is 0 Å². The van der Waals surface area contributed by atoms with Crippen molar-refractivity contribution in [3.63, 3.8) is 0 Å². The van der Waals surface area contributed by atoms with Crippen LogP contribution in [-0.4, -0.2) is 34.8 Å². The second kappa shape index (κ2) is 6.37. The van der Waals surface area contributed by atoms with Gasteiger partial charge in [0.05, 0.1) is 11.2 Å². The number of rotatable bonds is 3. The molecule has 1 heterocycles. The maximum atomic E-state index is 12.8. The summed E-state index contributed by atoms with van der Waals surface area (Å²) in [6.45, 7) is 1.38. The molecule has 0 spiro atoms. The molecule has 122 valence electrons. The minimum Gasteiger partial charge on any atom is -0.387 e. The van der Waals surface area contributed by atoms with Crippen molar-refractivity contribution >= 4 is 23.5 Å². The maximum absolute atomic E-state index is 12.8. The second-order valence-electron chi connectivity index (χ2n) is 5.31. The van der Waals surface area contributed by atoms with Crippen molar-refractivity contribution in [2.45, 2.75) is 25.1 Å². The number of benzene rings is 1. The van der Waals surface area contributed by atoms with Gasteiger partial charge >= 0.3 is 12.2 Å². The number of hydrogen-bond donors (Lipinski definition) is 3. The highest BCUT2D eigenvalue weighted by atomic mass is 32.2. The van der Waals surface area contributed by atoms with Gasteiger partial charge in [0.2, 0.25) is 0 Å². The summed E-state index contributed by atoms with van der Waals surface area (Å²) in [4.78, 5) is 11.8. The fraction of sp³-hybridized carbons (Fsp3) is 0.500. The molecule has 1 unspecified atom stereocenters. The summed E-state index contributed by atoms with van der Waals surface area (Å²) in [5.74, 6) is 1.36. The van der Waals surface area contributed by atoms with Crippen LogP contribution in [0.4, 0.5) is 23.7 Å². The molecule has 1 fully saturated rings. The fourth-order valence-corrected chi connectivity index (χ4v) is 3.52. The third kappa shape index (κ3) is 4.07. The highest BCUT2D eigenvalue weighted by molar-refractivity contribution is 7.99. The van der Waals surface area contributed by atoms with Crippen molar-refractivity contribution in [2.24, 2.45) is 0 Å². The Morgan fingerprint density at radius 3 is 2.77 bits per heavy atom. The number of halogens is 3. The monoisotopic (exact) mass is 334 g/mol. The lowest BCUT2D eigenvalue weighted by molar-refractivity contribution is -0.138. The number of aliphatic hydroxyl groups is 1. The Labute approximate surface area is 130 Å². The van der Waals surface area contributed by atoms with Crippen LogP contribution in [0, 0.1) is 6.92 Å². The van der Waals surface area contributed by atoms with Gasteiger partial charge in [-0.25, -0.2) is 4.79 Å². The molecular weight excluding hydrogens is 317 g/mol. The first-order valence-corrected chi connectivity index (χ1v) is 7.88. The van der Waals surface area contributed by atoms with E-state index in [-0.39, 0.29) is 17.8 Å². The van der Waals surface area contributed by atoms with Gasteiger partial charge in [0.25, 0.3) is 0 Å². The predicted octanol–water partition coefficient (Wildman–Crippen LogP) is 3.00. The standard InChI is InChI=1S/C14H17F3N2O2S/c1-9-10(14(15,16)17)3-2-4-11(9)19-12(20)18-7-13(21)5-6-22-8-13/h2-4,21H,5-8H2,1H3,(H2,18,19,20). The number of carbonyl (C=O) groups is 1. The summed E-state index contributed by atoms with van der Waals surface area (Å²) in [5.41, 5.74) is -1.67. The number of anilines is 1. The molecule has 0 aliphatic carbocycles. The zero-order chi connectivity index (χ0) is 16.4. The lowest BCUT2D eigenvalue weighted by atomic mass is 10.0. The Balaban J connectivity index is 2.00. The van der Waals surface area contributed by atoms with Crippen LogP contribution in [0.15, 0.2) is 18.2 Å². The van der Waals surface area contributed by atoms with E-state index in [1.165, 1.54) is 19.1 Å². The van der Waals surface area contributed by atoms with Crippen LogP contribution >= 0.6 is 11.8 Å². The SMILES string of the molecule is Cc1c(NC(=O)NCC2(O)CCSC2)cccc1C(F)(F)F. The molecule has 2 amide bonds. The third-order valence-corrected chi connectivity index (χ3v) is 4.78. The Morgan fingerprint density at radius 2 is 2.18 bits per heavy atom. The van der Waals surface area contributed by atoms with E-state index in [0.717, 1.165) is 11.8 Å². The highest BCUT2D eigenvalue weighted by Gasteiger charge is 2.34. The Hall–Kier alpha value is -1.41. The quantitative estimate of drug-likeness (QED) is 0.796. The Bertz CT molecular complexity index is 558. The minimum atomic E-state index is -4.46. The number of amides is 2. The van der Waals surface area contributed by atoms with Crippen molar-refractivity contribution in [1.82, 2.24) is 5.32 Å². The summed E-state index contributed by atoms with van der Waals surface area (Å²) in [7, 11) is 0. The van der Waals surface area contributed by atoms with E-state index in [2.05, 4.69) is 10.6 Å². The molecule has 1 saturated heterocycles. The molecule has 0 radical (unpaired) electrons. The number of alkyl halides is 3. The van der Waals surface area contributed by atoms with E-state index in [4.69, 9.17) is 0 Å². The molecule has 0 aromatic heterocycles. The van der Waals surface area contributed by atoms with Crippen LogP contribution in [0.1, 0.15) is 17.5 Å². The predicted molar refractivity (Wildman–Crippen MR) is 80.1 cm³/mol. The molecule has 4 nitrogen and oxygen atoms in total. The zero-order valence-corrected chi connectivity index (χ0v) is 12.8. The largest absolute Gasteiger partial charge is 0.416 e. The van der Waals surface area contributed by atoms with E-state index in [1.807, 2.05) is 0 Å². The van der Waals surface area contributed by atoms with E-state index in [0.29, 0.717) is 12.2 Å². The molecule has 1 aromatic carbocycles. The molecule has 1 aliphatic heterocycles. The van der Waals surface area contributed by atoms with Crippen molar-refractivity contribution in [3.05, 3.63) is 29.3 Å². The molecule has 0 saturated carbocycles. The summed E-state index contributed by atoms with van der Waals surface area (Å²) >= 11 is 1.60. The topological polar surface area (TPSA) is 61.4 Å². The van der Waals surface area contributed by atoms with Gasteiger partial charge in [-0.1, -0.05) is 6.07 Å². The molecular formula is C14H17F3N2O2S. The molecule has 8 heteroatoms. The third-order valence-electron chi connectivity index (χ3n) is 3.55. The van der Waals surface area contributed by atoms with E-state index >= 15 is 0 Å². The molecule has 1 aromatic rings. The molecule has 22 heavy (non-hydrogen) atoms. The molecule has 3 N–H and O–H groups in total. The van der Waals surface area contributed by atoms with Crippen LogP contribution in [0.3, 0.4) is 0 Å². The molecule has 1 atom stereocenters. The van der Waals surface area contributed by atoms with Gasteiger partial charge in [0.15, 0.2) is 0 Å². The van der Waals surface area contributed by atoms with E-state index in [1.54, 1.807) is 11.8 Å². The van der Waals surface area contributed by atoms with Gasteiger partial charge in [0.1, 0.15) is 0 Å². The van der Waals surface area contributed by atoms with Gasteiger partial charge in [-0.05, 0) is 36.8 Å². The second-order valence-corrected chi connectivity index (χ2v) is 6.42. The van der Waals surface area contributed by atoms with Crippen molar-refractivity contribution in [3.8, 4) is 0 Å². The minimum absolute atomic E-state index is 0.0414. The van der Waals surface area contributed by atoms with Gasteiger partial charge in [0, 0.05) is 18.0 Å². The Kier molecular flexibility index (Phi) is 4.91. The number of nitrogens with one attached hydrogen (secondary N) is 2. The van der Waals surface area contributed by atoms with Crippen LogP contribution in [0.2, 0.25) is 0 Å². The molecule has 2 rings (SSSR count). The van der Waals surface area contributed by atoms with Crippen LogP contribution < -0.4 is 10.6 Å². The number of hydrogen-bond acceptors (Lipinski definition) is 3. The van der Waals surface area contributed by atoms with Gasteiger partial charge in [-0.2, -0.15) is 24.9 Å². The first kappa shape index (κ1) is 17.0. The van der Waals surface area contributed by atoms with Crippen LogP contribution in [0.5, 0.6) is 0 Å². The molecule has 1 aliphatic rings. The van der Waals surface area contributed by atoms with E-state index in [9.17, 15) is 23.1 Å². The lowest BCUT2D eigenvalue weighted by Gasteiger charge is -2.22. The van der Waals surface area contributed by atoms with Crippen molar-refractivity contribution < 1.29 is 23.1 Å². The van der Waals surface area contributed by atoms with Gasteiger partial charge < -0.3 is 15.7 Å². The molecule has 0 bridgehead atoms. The van der Waals surface area contributed by atoms with E-state index < -0.39 is 23.4 Å². The lowest BCUT2D eigenvalue weighted by Crippen LogP contribution is -2.44. The van der Waals surface area contributed by atoms with Crippen molar-refractivity contribution in [1.29, 1.82) is 0 Å². The summed E-state index contributed by atoms with van der Waals surface area (Å²) in [6, 6.07) is 2.99. The van der Waals surface area contributed by atoms with Crippen LogP contribution in [-0.2, 0) is 6.18 Å². The summed E-state index contributed by atoms with van der Waals surface area (Å²) in [5, 5.41) is 15.0. The number of urea groups is 1. The number of carbonyl (C=O) groups excluding carboxylic acids is 1. The maximum Gasteiger partial charge on any atom is 0.416 e. The summed E-state index contributed by atoms with van der Waals surface area (Å²) in [6.07, 6.45) is -3.88. The zero-order valence-electron chi connectivity index (χ0n) is 12.0. The average Bonchev–Trinajstić information content (AvgIpc) is 2.85. The fourth-order valence-electron chi connectivity index (χ4n) is 2.23. The first-order valence-electron chi connectivity index (χ1n) is 6.73. The van der Waals surface area contributed by atoms with Gasteiger partial charge in [-0.3, -0.25) is 0 Å². The van der Waals surface area contributed by atoms with Gasteiger partial charge in [-0.15, -0.1) is 0 Å². The Morgan fingerprint density at radius 1 is 1.45 bits per heavy atom. The first-order chi connectivity index (χ1) is 10.2. The normalized spacial score (nSPS) is 21.7. The highest BCUT2D eigenvalue weighted by Crippen LogP contribution is 2.34. The number of thioether (sulfide) groups is 1.